The molecule has 2 saturated carbocycles. The number of nitrogens with one attached hydrogen (secondary N) is 1. The topological polar surface area (TPSA) is 38.3 Å². The van der Waals surface area contributed by atoms with Crippen molar-refractivity contribution in [2.45, 2.75) is 145 Å². The van der Waals surface area contributed by atoms with Gasteiger partial charge >= 0.3 is 5.97 Å². The lowest BCUT2D eigenvalue weighted by atomic mass is 9.43. The van der Waals surface area contributed by atoms with E-state index in [2.05, 4.69) is 66.8 Å². The summed E-state index contributed by atoms with van der Waals surface area (Å²) in [6.07, 6.45) is 18.2. The summed E-state index contributed by atoms with van der Waals surface area (Å²) in [7, 11) is 0. The van der Waals surface area contributed by atoms with Gasteiger partial charge in [-0.15, -0.1) is 0 Å². The second kappa shape index (κ2) is 11.2. The lowest BCUT2D eigenvalue weighted by molar-refractivity contribution is -0.174. The van der Waals surface area contributed by atoms with Gasteiger partial charge in [0.2, 0.25) is 0 Å². The first kappa shape index (κ1) is 30.4. The van der Waals surface area contributed by atoms with E-state index in [0.29, 0.717) is 16.7 Å². The molecular formula is C37H61NO2. The number of fused-ring (bicyclic) bond motifs is 4. The van der Waals surface area contributed by atoms with E-state index in [1.165, 1.54) is 63.4 Å². The third kappa shape index (κ3) is 4.97. The molecule has 1 saturated heterocycles. The smallest absolute Gasteiger partial charge is 0.309 e. The Morgan fingerprint density at radius 1 is 0.950 bits per heavy atom. The number of esters is 1. The highest BCUT2D eigenvalue weighted by Crippen LogP contribution is 2.72. The summed E-state index contributed by atoms with van der Waals surface area (Å²) in [5, 5.41) is 3.45. The van der Waals surface area contributed by atoms with Gasteiger partial charge in [0.1, 0.15) is 6.10 Å². The molecule has 226 valence electrons. The molecule has 1 heterocycles. The monoisotopic (exact) mass is 551 g/mol. The van der Waals surface area contributed by atoms with Crippen molar-refractivity contribution in [2.75, 3.05) is 13.1 Å². The zero-order valence-corrected chi connectivity index (χ0v) is 27.4. The second-order valence-electron chi connectivity index (χ2n) is 16.4. The highest BCUT2D eigenvalue weighted by molar-refractivity contribution is 5.72. The summed E-state index contributed by atoms with van der Waals surface area (Å²) in [5.41, 5.74) is 6.22. The molecule has 2 unspecified atom stereocenters. The van der Waals surface area contributed by atoms with Crippen LogP contribution in [0.15, 0.2) is 22.8 Å². The Morgan fingerprint density at radius 2 is 1.73 bits per heavy atom. The van der Waals surface area contributed by atoms with Crippen molar-refractivity contribution in [1.29, 1.82) is 0 Å². The third-order valence-electron chi connectivity index (χ3n) is 13.8. The molecule has 40 heavy (non-hydrogen) atoms. The summed E-state index contributed by atoms with van der Waals surface area (Å²) in [6, 6.07) is 0. The van der Waals surface area contributed by atoms with Gasteiger partial charge in [-0.2, -0.15) is 0 Å². The molecule has 0 aromatic rings. The molecule has 1 aliphatic heterocycles. The van der Waals surface area contributed by atoms with Gasteiger partial charge in [-0.25, -0.2) is 0 Å². The Hall–Kier alpha value is -1.09. The number of hydrogen-bond donors (Lipinski definition) is 1. The van der Waals surface area contributed by atoms with Crippen molar-refractivity contribution < 1.29 is 9.53 Å². The van der Waals surface area contributed by atoms with E-state index in [-0.39, 0.29) is 28.8 Å². The minimum atomic E-state index is 0.0173. The Morgan fingerprint density at radius 3 is 2.48 bits per heavy atom. The quantitative estimate of drug-likeness (QED) is 0.264. The summed E-state index contributed by atoms with van der Waals surface area (Å²) < 4.78 is 6.44. The lowest BCUT2D eigenvalue weighted by Gasteiger charge is -2.62. The fourth-order valence-corrected chi connectivity index (χ4v) is 11.2. The molecule has 3 fully saturated rings. The van der Waals surface area contributed by atoms with Crippen molar-refractivity contribution in [2.24, 2.45) is 45.3 Å². The molecule has 0 aromatic carbocycles. The molecule has 5 rings (SSSR count). The predicted octanol–water partition coefficient (Wildman–Crippen LogP) is 9.42. The molecule has 8 atom stereocenters. The Kier molecular flexibility index (Phi) is 8.50. The number of rotatable bonds is 6. The Labute approximate surface area is 246 Å². The molecule has 3 nitrogen and oxygen atoms in total. The number of hydrogen-bond acceptors (Lipinski definition) is 3. The van der Waals surface area contributed by atoms with Gasteiger partial charge in [-0.05, 0) is 144 Å². The van der Waals surface area contributed by atoms with Crippen LogP contribution in [0.1, 0.15) is 139 Å². The van der Waals surface area contributed by atoms with Gasteiger partial charge in [0.25, 0.3) is 0 Å². The first-order valence-electron chi connectivity index (χ1n) is 17.1. The van der Waals surface area contributed by atoms with Crippen LogP contribution in [-0.4, -0.2) is 25.2 Å². The minimum Gasteiger partial charge on any atom is -0.462 e. The first-order chi connectivity index (χ1) is 18.8. The van der Waals surface area contributed by atoms with Crippen LogP contribution in [0, 0.1) is 45.3 Å². The van der Waals surface area contributed by atoms with Gasteiger partial charge in [0.05, 0.1) is 5.92 Å². The van der Waals surface area contributed by atoms with Crippen LogP contribution in [0.25, 0.3) is 0 Å². The van der Waals surface area contributed by atoms with E-state index in [1.54, 1.807) is 0 Å². The van der Waals surface area contributed by atoms with E-state index in [0.717, 1.165) is 50.6 Å². The summed E-state index contributed by atoms with van der Waals surface area (Å²) in [5.74, 6) is 2.39. The van der Waals surface area contributed by atoms with Gasteiger partial charge in [0.15, 0.2) is 0 Å². The highest BCUT2D eigenvalue weighted by atomic mass is 16.5. The summed E-state index contributed by atoms with van der Waals surface area (Å²) in [6.45, 7) is 21.8. The first-order valence-corrected chi connectivity index (χ1v) is 17.1. The molecule has 0 aromatic heterocycles. The van der Waals surface area contributed by atoms with E-state index < -0.39 is 0 Å². The van der Waals surface area contributed by atoms with Gasteiger partial charge in [0, 0.05) is 5.41 Å². The fraction of sp³-hybridized carbons (Fsp3) is 0.865. The average molecular weight is 552 g/mol. The van der Waals surface area contributed by atoms with Crippen LogP contribution in [0.4, 0.5) is 0 Å². The van der Waals surface area contributed by atoms with Crippen molar-refractivity contribution in [1.82, 2.24) is 5.32 Å². The van der Waals surface area contributed by atoms with Crippen molar-refractivity contribution in [3.05, 3.63) is 22.8 Å². The number of ether oxygens (including phenoxy) is 1. The minimum absolute atomic E-state index is 0.0173. The van der Waals surface area contributed by atoms with Gasteiger partial charge in [-0.1, -0.05) is 64.3 Å². The maximum absolute atomic E-state index is 13.3. The summed E-state index contributed by atoms with van der Waals surface area (Å²) >= 11 is 0. The zero-order chi connectivity index (χ0) is 28.9. The predicted molar refractivity (Wildman–Crippen MR) is 167 cm³/mol. The van der Waals surface area contributed by atoms with Crippen LogP contribution in [-0.2, 0) is 9.53 Å². The molecule has 4 aliphatic carbocycles. The van der Waals surface area contributed by atoms with Gasteiger partial charge < -0.3 is 10.1 Å². The van der Waals surface area contributed by atoms with Crippen LogP contribution in [0.3, 0.4) is 0 Å². The molecule has 0 spiro atoms. The fourth-order valence-electron chi connectivity index (χ4n) is 11.2. The molecule has 0 radical (unpaired) electrons. The molecule has 0 bridgehead atoms. The number of carbonyl (C=O) groups excluding carboxylic acids is 1. The van der Waals surface area contributed by atoms with E-state index in [9.17, 15) is 4.79 Å². The van der Waals surface area contributed by atoms with Crippen LogP contribution >= 0.6 is 0 Å². The van der Waals surface area contributed by atoms with Crippen molar-refractivity contribution >= 4 is 5.97 Å². The molecule has 3 heteroatoms. The average Bonchev–Trinajstić information content (AvgIpc) is 3.03. The second-order valence-corrected chi connectivity index (χ2v) is 16.4. The number of allylic oxidation sites excluding steroid dienone is 4. The van der Waals surface area contributed by atoms with Crippen LogP contribution in [0.5, 0.6) is 0 Å². The number of carbonyl (C=O) groups is 1. The normalized spacial score (nSPS) is 41.7. The third-order valence-corrected chi connectivity index (χ3v) is 13.8. The van der Waals surface area contributed by atoms with E-state index >= 15 is 0 Å². The van der Waals surface area contributed by atoms with Crippen molar-refractivity contribution in [3.8, 4) is 0 Å². The Bertz CT molecular complexity index is 1010. The van der Waals surface area contributed by atoms with E-state index in [1.807, 2.05) is 11.1 Å². The zero-order valence-electron chi connectivity index (χ0n) is 27.4. The largest absolute Gasteiger partial charge is 0.462 e. The maximum Gasteiger partial charge on any atom is 0.309 e. The summed E-state index contributed by atoms with van der Waals surface area (Å²) in [4.78, 5) is 13.3. The molecule has 5 aliphatic rings. The maximum atomic E-state index is 13.3. The standard InChI is InChI=1S/C37H61NO2/c1-25(2)11-9-12-26(3)28-16-21-37(8)30-14-15-31-34(4,5)32(40-33(39)27-13-10-23-38-24-19-27)18-20-35(31,6)29(30)17-22-36(28,37)7/h11,26-28,31-32,38H,9-10,12-24H2,1-8H3/t26-,27?,28-,31?,32+,35-,36-,37+/m1/s1. The molecule has 0 amide bonds. The van der Waals surface area contributed by atoms with Crippen LogP contribution in [0.2, 0.25) is 0 Å². The SMILES string of the molecule is CC(C)=CCC[C@@H](C)[C@H]1CC[C@@]2(C)C3=C(CC[C@]12C)[C@@]1(C)CC[C@H](OC(=O)C2CCCNCC2)C(C)(C)C1CC3. The van der Waals surface area contributed by atoms with E-state index in [4.69, 9.17) is 4.74 Å². The Balaban J connectivity index is 1.35. The van der Waals surface area contributed by atoms with Crippen molar-refractivity contribution in [3.63, 3.8) is 0 Å². The lowest BCUT2D eigenvalue weighted by Crippen LogP contribution is -2.56. The molecular weight excluding hydrogens is 490 g/mol. The highest BCUT2D eigenvalue weighted by Gasteiger charge is 2.63. The van der Waals surface area contributed by atoms with Crippen LogP contribution < -0.4 is 5.32 Å². The van der Waals surface area contributed by atoms with Gasteiger partial charge in [-0.3, -0.25) is 4.79 Å². The molecule has 1 N–H and O–H groups in total.